The molecule has 17 heavy (non-hydrogen) atoms. The van der Waals surface area contributed by atoms with E-state index < -0.39 is 0 Å². The summed E-state index contributed by atoms with van der Waals surface area (Å²) in [5.74, 6) is 1.01. The second kappa shape index (κ2) is 6.68. The van der Waals surface area contributed by atoms with Crippen molar-refractivity contribution in [3.05, 3.63) is 17.0 Å². The molecule has 0 unspecified atom stereocenters. The first kappa shape index (κ1) is 13.3. The first-order valence-corrected chi connectivity index (χ1v) is 8.49. The van der Waals surface area contributed by atoms with E-state index in [2.05, 4.69) is 21.4 Å². The van der Waals surface area contributed by atoms with Crippen LogP contribution in [-0.2, 0) is 23.5 Å². The minimum atomic E-state index is 0.804. The van der Waals surface area contributed by atoms with E-state index >= 15 is 0 Å². The number of nitrogens with one attached hydrogen (secondary N) is 1. The summed E-state index contributed by atoms with van der Waals surface area (Å²) in [5, 5.41) is 7.62. The van der Waals surface area contributed by atoms with Crippen molar-refractivity contribution in [2.45, 2.75) is 18.7 Å². The normalized spacial score (nSPS) is 16.1. The molecule has 0 aromatic carbocycles. The average Bonchev–Trinajstić information content (AvgIpc) is 2.76. The van der Waals surface area contributed by atoms with E-state index in [4.69, 9.17) is 4.74 Å². The predicted molar refractivity (Wildman–Crippen MR) is 74.3 cm³/mol. The van der Waals surface area contributed by atoms with Crippen LogP contribution in [0.25, 0.3) is 0 Å². The van der Waals surface area contributed by atoms with Gasteiger partial charge in [0.05, 0.1) is 18.0 Å². The second-order valence-electron chi connectivity index (χ2n) is 4.08. The van der Waals surface area contributed by atoms with E-state index in [1.54, 1.807) is 17.9 Å². The van der Waals surface area contributed by atoms with E-state index in [1.807, 2.05) is 10.8 Å². The Balaban J connectivity index is 1.95. The fourth-order valence-corrected chi connectivity index (χ4v) is 3.24. The van der Waals surface area contributed by atoms with Gasteiger partial charge < -0.3 is 4.74 Å². The standard InChI is InChI=1S/C11H19N3OS2/c1-15-6-5-14-4-3-9-10(7-14)12-13-11(9)8-17-16-2/h3-8H2,1-2H3,(H,12,13). The molecule has 1 N–H and O–H groups in total. The van der Waals surface area contributed by atoms with Crippen LogP contribution in [0.3, 0.4) is 0 Å². The average molecular weight is 273 g/mol. The van der Waals surface area contributed by atoms with Gasteiger partial charge in [-0.15, -0.1) is 0 Å². The molecule has 0 spiro atoms. The summed E-state index contributed by atoms with van der Waals surface area (Å²) in [6.45, 7) is 3.91. The fraction of sp³-hybridized carbons (Fsp3) is 0.727. The molecule has 0 fully saturated rings. The minimum Gasteiger partial charge on any atom is -0.383 e. The summed E-state index contributed by atoms with van der Waals surface area (Å²) in [7, 11) is 5.41. The first-order chi connectivity index (χ1) is 8.35. The summed E-state index contributed by atoms with van der Waals surface area (Å²) < 4.78 is 5.12. The SMILES string of the molecule is COCCN1CCc2c(CSSC)n[nH]c2C1. The number of H-pyrrole nitrogens is 1. The van der Waals surface area contributed by atoms with Gasteiger partial charge in [-0.1, -0.05) is 21.6 Å². The molecular formula is C11H19N3OS2. The molecule has 6 heteroatoms. The summed E-state index contributed by atoms with van der Waals surface area (Å²) in [5.41, 5.74) is 3.98. The van der Waals surface area contributed by atoms with Crippen LogP contribution in [0.2, 0.25) is 0 Å². The lowest BCUT2D eigenvalue weighted by Gasteiger charge is -2.26. The van der Waals surface area contributed by atoms with Gasteiger partial charge in [0.2, 0.25) is 0 Å². The number of rotatable bonds is 6. The van der Waals surface area contributed by atoms with Gasteiger partial charge in [0.1, 0.15) is 0 Å². The lowest BCUT2D eigenvalue weighted by molar-refractivity contribution is 0.140. The summed E-state index contributed by atoms with van der Waals surface area (Å²) in [6, 6.07) is 0. The number of hydrogen-bond donors (Lipinski definition) is 1. The molecule has 1 aliphatic heterocycles. The minimum absolute atomic E-state index is 0.804. The maximum absolute atomic E-state index is 5.12. The van der Waals surface area contributed by atoms with E-state index in [1.165, 1.54) is 17.0 Å². The maximum Gasteiger partial charge on any atom is 0.0765 e. The third kappa shape index (κ3) is 3.40. The Labute approximate surface area is 110 Å². The van der Waals surface area contributed by atoms with Crippen LogP contribution >= 0.6 is 21.6 Å². The lowest BCUT2D eigenvalue weighted by Crippen LogP contribution is -2.33. The molecule has 0 amide bonds. The predicted octanol–water partition coefficient (Wildman–Crippen LogP) is 1.93. The van der Waals surface area contributed by atoms with Crippen LogP contribution in [0.4, 0.5) is 0 Å². The Morgan fingerprint density at radius 3 is 3.18 bits per heavy atom. The third-order valence-corrected chi connectivity index (χ3v) is 4.71. The Kier molecular flexibility index (Phi) is 5.21. The van der Waals surface area contributed by atoms with Crippen LogP contribution in [0.15, 0.2) is 0 Å². The number of nitrogens with zero attached hydrogens (tertiary/aromatic N) is 2. The van der Waals surface area contributed by atoms with Crippen molar-refractivity contribution >= 4 is 21.6 Å². The number of methoxy groups -OCH3 is 1. The molecule has 1 aromatic heterocycles. The molecule has 0 saturated carbocycles. The van der Waals surface area contributed by atoms with Crippen LogP contribution in [-0.4, -0.2) is 48.2 Å². The van der Waals surface area contributed by atoms with E-state index in [0.29, 0.717) is 0 Å². The summed E-state index contributed by atoms with van der Waals surface area (Å²) >= 11 is 0. The Morgan fingerprint density at radius 1 is 1.53 bits per heavy atom. The number of fused-ring (bicyclic) bond motifs is 1. The van der Waals surface area contributed by atoms with Crippen LogP contribution in [0, 0.1) is 0 Å². The van der Waals surface area contributed by atoms with Gasteiger partial charge in [0, 0.05) is 32.5 Å². The van der Waals surface area contributed by atoms with E-state index in [-0.39, 0.29) is 0 Å². The third-order valence-electron chi connectivity index (χ3n) is 3.02. The van der Waals surface area contributed by atoms with Crippen molar-refractivity contribution in [3.63, 3.8) is 0 Å². The molecule has 0 aliphatic carbocycles. The Hall–Kier alpha value is -0.170. The molecule has 1 aliphatic rings. The highest BCUT2D eigenvalue weighted by Gasteiger charge is 2.21. The molecular weight excluding hydrogens is 254 g/mol. The second-order valence-corrected chi connectivity index (χ2v) is 6.64. The van der Waals surface area contributed by atoms with E-state index in [0.717, 1.165) is 38.4 Å². The summed E-state index contributed by atoms with van der Waals surface area (Å²) in [4.78, 5) is 2.41. The quantitative estimate of drug-likeness (QED) is 0.802. The van der Waals surface area contributed by atoms with Crippen molar-refractivity contribution in [1.29, 1.82) is 0 Å². The molecule has 2 rings (SSSR count). The largest absolute Gasteiger partial charge is 0.383 e. The Morgan fingerprint density at radius 2 is 2.41 bits per heavy atom. The van der Waals surface area contributed by atoms with Gasteiger partial charge >= 0.3 is 0 Å². The first-order valence-electron chi connectivity index (χ1n) is 5.77. The van der Waals surface area contributed by atoms with Crippen LogP contribution in [0.5, 0.6) is 0 Å². The highest BCUT2D eigenvalue weighted by atomic mass is 33.1. The molecule has 4 nitrogen and oxygen atoms in total. The molecule has 0 bridgehead atoms. The van der Waals surface area contributed by atoms with Crippen molar-refractivity contribution in [1.82, 2.24) is 15.1 Å². The number of hydrogen-bond acceptors (Lipinski definition) is 5. The molecule has 1 aromatic rings. The lowest BCUT2D eigenvalue weighted by atomic mass is 10.1. The molecule has 0 atom stereocenters. The topological polar surface area (TPSA) is 41.1 Å². The molecule has 2 heterocycles. The summed E-state index contributed by atoms with van der Waals surface area (Å²) in [6.07, 6.45) is 3.22. The maximum atomic E-state index is 5.12. The molecule has 0 saturated heterocycles. The van der Waals surface area contributed by atoms with Gasteiger partial charge in [-0.2, -0.15) is 5.10 Å². The fourth-order valence-electron chi connectivity index (χ4n) is 2.09. The van der Waals surface area contributed by atoms with Gasteiger partial charge in [-0.3, -0.25) is 10.00 Å². The monoisotopic (exact) mass is 273 g/mol. The number of aromatic nitrogens is 2. The van der Waals surface area contributed by atoms with Gasteiger partial charge in [-0.05, 0) is 18.2 Å². The van der Waals surface area contributed by atoms with E-state index in [9.17, 15) is 0 Å². The highest BCUT2D eigenvalue weighted by molar-refractivity contribution is 8.76. The van der Waals surface area contributed by atoms with Crippen molar-refractivity contribution in [3.8, 4) is 0 Å². The van der Waals surface area contributed by atoms with Gasteiger partial charge in [0.15, 0.2) is 0 Å². The highest BCUT2D eigenvalue weighted by Crippen LogP contribution is 2.27. The molecule has 0 radical (unpaired) electrons. The zero-order chi connectivity index (χ0) is 12.1. The van der Waals surface area contributed by atoms with Crippen LogP contribution in [0.1, 0.15) is 17.0 Å². The van der Waals surface area contributed by atoms with Gasteiger partial charge in [-0.25, -0.2) is 0 Å². The van der Waals surface area contributed by atoms with Crippen molar-refractivity contribution in [2.75, 3.05) is 33.1 Å². The zero-order valence-electron chi connectivity index (χ0n) is 10.4. The van der Waals surface area contributed by atoms with Gasteiger partial charge in [0.25, 0.3) is 0 Å². The van der Waals surface area contributed by atoms with Crippen LogP contribution < -0.4 is 0 Å². The number of aromatic amines is 1. The molecule has 96 valence electrons. The Bertz CT molecular complexity index is 356. The van der Waals surface area contributed by atoms with Crippen molar-refractivity contribution < 1.29 is 4.74 Å². The van der Waals surface area contributed by atoms with Crippen molar-refractivity contribution in [2.24, 2.45) is 0 Å². The zero-order valence-corrected chi connectivity index (χ0v) is 12.0. The number of ether oxygens (including phenoxy) is 1. The smallest absolute Gasteiger partial charge is 0.0765 e.